The largest absolute Gasteiger partial charge is 0.472 e. The van der Waals surface area contributed by atoms with E-state index >= 15 is 0 Å². The van der Waals surface area contributed by atoms with E-state index in [1.165, 1.54) is 45.6 Å². The number of hydrogen-bond donors (Lipinski definition) is 5. The van der Waals surface area contributed by atoms with Crippen molar-refractivity contribution in [3.05, 3.63) is 12.2 Å². The topological polar surface area (TPSA) is 275 Å². The fraction of sp³-hybridized carbons (Fsp3) is 0.872. The summed E-state index contributed by atoms with van der Waals surface area (Å²) >= 11 is 0. The first-order valence-electron chi connectivity index (χ1n) is 21.4. The van der Waals surface area contributed by atoms with Crippen LogP contribution in [-0.4, -0.2) is 123 Å². The van der Waals surface area contributed by atoms with Crippen LogP contribution in [0, 0.1) is 0 Å². The number of aliphatic hydroxyl groups is 1. The van der Waals surface area contributed by atoms with Crippen molar-refractivity contribution in [2.75, 3.05) is 46.2 Å². The maximum Gasteiger partial charge on any atom is 0.472 e. The highest BCUT2D eigenvalue weighted by atomic mass is 32.2. The summed E-state index contributed by atoms with van der Waals surface area (Å²) in [6, 6.07) is -0.862. The number of fused-ring (bicyclic) bond motifs is 2. The number of esters is 3. The van der Waals surface area contributed by atoms with E-state index in [0.717, 1.165) is 77.0 Å². The molecule has 350 valence electrons. The summed E-state index contributed by atoms with van der Waals surface area (Å²) in [4.78, 5) is 45.2. The molecule has 2 aliphatic rings. The fourth-order valence-electron chi connectivity index (χ4n) is 7.09. The van der Waals surface area contributed by atoms with Gasteiger partial charge in [-0.15, -0.1) is 0 Å². The molecule has 0 aromatic heterocycles. The predicted molar refractivity (Wildman–Crippen MR) is 219 cm³/mol. The van der Waals surface area contributed by atoms with Gasteiger partial charge in [-0.3, -0.25) is 23.2 Å². The zero-order chi connectivity index (χ0) is 44.3. The van der Waals surface area contributed by atoms with E-state index in [-0.39, 0.29) is 50.6 Å². The van der Waals surface area contributed by atoms with Crippen LogP contribution in [-0.2, 0) is 66.7 Å². The third kappa shape index (κ3) is 25.1. The van der Waals surface area contributed by atoms with Crippen molar-refractivity contribution in [3.63, 3.8) is 0 Å². The molecule has 7 atom stereocenters. The maximum absolute atomic E-state index is 12.4. The van der Waals surface area contributed by atoms with Gasteiger partial charge in [0.1, 0.15) is 18.8 Å². The lowest BCUT2D eigenvalue weighted by atomic mass is 9.94. The third-order valence-electron chi connectivity index (χ3n) is 9.94. The van der Waals surface area contributed by atoms with Gasteiger partial charge in [-0.1, -0.05) is 76.7 Å². The molecule has 2 saturated heterocycles. The Kier molecular flexibility index (Phi) is 27.1. The normalized spacial score (nSPS) is 22.3. The molecule has 0 aromatic rings. The zero-order valence-corrected chi connectivity index (χ0v) is 37.1. The van der Waals surface area contributed by atoms with Crippen molar-refractivity contribution in [3.8, 4) is 0 Å². The molecule has 2 rings (SSSR count). The van der Waals surface area contributed by atoms with Gasteiger partial charge >= 0.3 is 36.0 Å². The van der Waals surface area contributed by atoms with Crippen LogP contribution in [0.2, 0.25) is 0 Å². The Morgan fingerprint density at radius 2 is 1.53 bits per heavy atom. The molecule has 0 aliphatic carbocycles. The summed E-state index contributed by atoms with van der Waals surface area (Å²) in [5, 5.41) is 9.15. The van der Waals surface area contributed by atoms with Crippen LogP contribution in [0.4, 0.5) is 0 Å². The van der Waals surface area contributed by atoms with Gasteiger partial charge in [-0.2, -0.15) is 13.1 Å². The van der Waals surface area contributed by atoms with Crippen LogP contribution in [0.25, 0.3) is 0 Å². The Labute approximate surface area is 355 Å². The van der Waals surface area contributed by atoms with Crippen LogP contribution < -0.4 is 10.5 Å². The van der Waals surface area contributed by atoms with Crippen molar-refractivity contribution < 1.29 is 79.4 Å². The first-order chi connectivity index (χ1) is 28.6. The molecular formula is C39H71N2O17PS. The monoisotopic (exact) mass is 902 g/mol. The highest BCUT2D eigenvalue weighted by Gasteiger charge is 2.54. The van der Waals surface area contributed by atoms with Gasteiger partial charge in [-0.25, -0.2) is 9.36 Å². The van der Waals surface area contributed by atoms with E-state index < -0.39 is 61.2 Å². The number of nitrogens with one attached hydrogen (secondary N) is 1. The summed E-state index contributed by atoms with van der Waals surface area (Å²) in [6.45, 7) is 1.48. The molecule has 21 heteroatoms. The third-order valence-corrected chi connectivity index (χ3v) is 11.6. The second-order valence-electron chi connectivity index (χ2n) is 15.3. The molecule has 0 aromatic carbocycles. The Hall–Kier alpha value is -2.07. The summed E-state index contributed by atoms with van der Waals surface area (Å²) in [7, 11) is -8.80. The molecule has 2 unspecified atom stereocenters. The lowest BCUT2D eigenvalue weighted by molar-refractivity contribution is -0.220. The zero-order valence-electron chi connectivity index (χ0n) is 35.4. The number of carbonyl (C=O) groups is 3. The Morgan fingerprint density at radius 3 is 2.15 bits per heavy atom. The van der Waals surface area contributed by atoms with Gasteiger partial charge in [0.05, 0.1) is 38.6 Å². The molecule has 0 radical (unpaired) electrons. The van der Waals surface area contributed by atoms with Gasteiger partial charge < -0.3 is 44.2 Å². The SMILES string of the molecule is CC(=O)OC[C@H](COP(=O)(O)OCCN)OC(=O)/C=C/CCCCC[C@H]1O[C@]2(CCCCCCCCCCCCCOCC(CO)NS(=O)(=O)O)CC[C@@H](OC(C)=O)[C@@H]1O2. The molecule has 6 N–H and O–H groups in total. The fourth-order valence-corrected chi connectivity index (χ4v) is 8.41. The Bertz CT molecular complexity index is 1420. The van der Waals surface area contributed by atoms with Crippen molar-refractivity contribution in [1.82, 2.24) is 4.72 Å². The number of hydrogen-bond acceptors (Lipinski definition) is 16. The van der Waals surface area contributed by atoms with Crippen LogP contribution in [0.5, 0.6) is 0 Å². The number of ether oxygens (including phenoxy) is 6. The van der Waals surface area contributed by atoms with Gasteiger partial charge in [0.2, 0.25) is 0 Å². The van der Waals surface area contributed by atoms with Crippen molar-refractivity contribution in [2.45, 2.75) is 172 Å². The lowest BCUT2D eigenvalue weighted by Gasteiger charge is -2.35. The number of aliphatic hydroxyl groups excluding tert-OH is 1. The van der Waals surface area contributed by atoms with E-state index in [1.807, 2.05) is 4.72 Å². The molecule has 2 bridgehead atoms. The van der Waals surface area contributed by atoms with Crippen LogP contribution >= 0.6 is 7.82 Å². The summed E-state index contributed by atoms with van der Waals surface area (Å²) < 4.78 is 88.1. The average molecular weight is 903 g/mol. The first kappa shape index (κ1) is 54.1. The average Bonchev–Trinajstić information content (AvgIpc) is 3.48. The maximum atomic E-state index is 12.4. The van der Waals surface area contributed by atoms with Crippen LogP contribution in [0.1, 0.15) is 136 Å². The number of phosphoric ester groups is 1. The lowest BCUT2D eigenvalue weighted by Crippen LogP contribution is -2.43. The van der Waals surface area contributed by atoms with Crippen molar-refractivity contribution >= 4 is 36.0 Å². The van der Waals surface area contributed by atoms with E-state index in [2.05, 4.69) is 4.52 Å². The molecule has 0 spiro atoms. The minimum absolute atomic E-state index is 0.00111. The van der Waals surface area contributed by atoms with Crippen LogP contribution in [0.3, 0.4) is 0 Å². The number of carbonyl (C=O) groups excluding carboxylic acids is 3. The second-order valence-corrected chi connectivity index (χ2v) is 17.9. The molecule has 19 nitrogen and oxygen atoms in total. The van der Waals surface area contributed by atoms with Gasteiger partial charge in [0, 0.05) is 45.9 Å². The Balaban J connectivity index is 1.62. The van der Waals surface area contributed by atoms with Gasteiger partial charge in [0.15, 0.2) is 11.9 Å². The molecule has 2 aliphatic heterocycles. The predicted octanol–water partition coefficient (Wildman–Crippen LogP) is 4.72. The second kappa shape index (κ2) is 30.1. The highest BCUT2D eigenvalue weighted by molar-refractivity contribution is 7.83. The molecule has 60 heavy (non-hydrogen) atoms. The highest BCUT2D eigenvalue weighted by Crippen LogP contribution is 2.46. The minimum Gasteiger partial charge on any atom is -0.462 e. The van der Waals surface area contributed by atoms with Crippen molar-refractivity contribution in [1.29, 1.82) is 0 Å². The van der Waals surface area contributed by atoms with E-state index in [0.29, 0.717) is 25.9 Å². The van der Waals surface area contributed by atoms with E-state index in [4.69, 9.17) is 48.3 Å². The number of phosphoric acid groups is 1. The summed E-state index contributed by atoms with van der Waals surface area (Å²) in [6.07, 6.45) is 19.0. The standard InChI is InChI=1S/C39H71N2O17PS/c1-31(43)52-29-34(30-54-59(46,47)53-26-24-40)56-37(45)20-16-12-10-11-15-19-36-38-35(55-32(2)44)21-23-39(57-36,58-38)22-17-13-8-6-4-3-5-7-9-14-18-25-51-28-33(27-42)41-60(48,49)50/h16,20,33-36,38,41-42H,3-15,17-19,21-30,40H2,1-2H3,(H,46,47)(H,48,49,50)/b20-16+/t33?,34-,35-,36-,38+,39+/m1/s1. The first-order valence-corrected chi connectivity index (χ1v) is 24.3. The Morgan fingerprint density at radius 1 is 0.883 bits per heavy atom. The quantitative estimate of drug-likeness (QED) is 0.0142. The molecule has 2 fully saturated rings. The summed E-state index contributed by atoms with van der Waals surface area (Å²) in [5.74, 6) is -2.34. The van der Waals surface area contributed by atoms with Gasteiger partial charge in [-0.05, 0) is 38.5 Å². The molecule has 0 saturated carbocycles. The number of nitrogens with two attached hydrogens (primary N) is 1. The van der Waals surface area contributed by atoms with Crippen LogP contribution in [0.15, 0.2) is 12.2 Å². The smallest absolute Gasteiger partial charge is 0.462 e. The van der Waals surface area contributed by atoms with Gasteiger partial charge in [0.25, 0.3) is 0 Å². The molecule has 0 amide bonds. The number of unbranched alkanes of at least 4 members (excludes halogenated alkanes) is 13. The minimum atomic E-state index is -4.43. The molecular weight excluding hydrogens is 831 g/mol. The van der Waals surface area contributed by atoms with Crippen molar-refractivity contribution in [2.24, 2.45) is 5.73 Å². The van der Waals surface area contributed by atoms with E-state index in [1.54, 1.807) is 6.08 Å². The summed E-state index contributed by atoms with van der Waals surface area (Å²) in [5.41, 5.74) is 5.27. The number of allylic oxidation sites excluding steroid dienone is 1. The number of rotatable bonds is 36. The van der Waals surface area contributed by atoms with E-state index in [9.17, 15) is 32.3 Å². The molecule has 2 heterocycles.